The van der Waals surface area contributed by atoms with Gasteiger partial charge in [-0.1, -0.05) is 23.7 Å². The van der Waals surface area contributed by atoms with Gasteiger partial charge in [0, 0.05) is 11.2 Å². The first kappa shape index (κ1) is 13.6. The Hall–Kier alpha value is -1.39. The molecule has 0 heterocycles. The predicted octanol–water partition coefficient (Wildman–Crippen LogP) is 1.46. The van der Waals surface area contributed by atoms with E-state index < -0.39 is 0 Å². The van der Waals surface area contributed by atoms with Crippen LogP contribution in [0.2, 0.25) is 5.02 Å². The normalized spacial score (nSPS) is 8.47. The van der Waals surface area contributed by atoms with Gasteiger partial charge in [-0.25, -0.2) is 0 Å². The Morgan fingerprint density at radius 3 is 2.33 bits per heavy atom. The molecule has 0 atom stereocenters. The SMILES string of the molecule is COC(=O)CN.N=Cc1ccc(Cl)cc1. The molecular formula is C10H13ClN2O2. The highest BCUT2D eigenvalue weighted by Crippen LogP contribution is 2.07. The second kappa shape index (κ2) is 7.96. The van der Waals surface area contributed by atoms with Gasteiger partial charge in [-0.15, -0.1) is 0 Å². The molecule has 1 aromatic carbocycles. The average molecular weight is 229 g/mol. The Labute approximate surface area is 93.5 Å². The summed E-state index contributed by atoms with van der Waals surface area (Å²) in [5.41, 5.74) is 5.68. The summed E-state index contributed by atoms with van der Waals surface area (Å²) in [6.45, 7) is -0.0312. The molecule has 0 unspecified atom stereocenters. The summed E-state index contributed by atoms with van der Waals surface area (Å²) in [5, 5.41) is 7.55. The molecule has 3 N–H and O–H groups in total. The van der Waals surface area contributed by atoms with E-state index in [1.54, 1.807) is 24.3 Å². The van der Waals surface area contributed by atoms with Gasteiger partial charge in [0.25, 0.3) is 0 Å². The van der Waals surface area contributed by atoms with Crippen molar-refractivity contribution in [3.63, 3.8) is 0 Å². The summed E-state index contributed by atoms with van der Waals surface area (Å²) in [4.78, 5) is 9.83. The molecule has 0 saturated heterocycles. The van der Waals surface area contributed by atoms with Crippen molar-refractivity contribution in [2.45, 2.75) is 0 Å². The highest BCUT2D eigenvalue weighted by molar-refractivity contribution is 6.30. The molecule has 0 aliphatic heterocycles. The molecule has 4 nitrogen and oxygen atoms in total. The average Bonchev–Trinajstić information content (AvgIpc) is 2.30. The fourth-order valence-electron chi connectivity index (χ4n) is 0.642. The summed E-state index contributed by atoms with van der Waals surface area (Å²) >= 11 is 5.59. The zero-order valence-corrected chi connectivity index (χ0v) is 9.12. The third-order valence-corrected chi connectivity index (χ3v) is 1.68. The van der Waals surface area contributed by atoms with Gasteiger partial charge in [0.15, 0.2) is 0 Å². The van der Waals surface area contributed by atoms with E-state index in [4.69, 9.17) is 22.7 Å². The van der Waals surface area contributed by atoms with Crippen molar-refractivity contribution in [2.75, 3.05) is 13.7 Å². The first-order valence-electron chi connectivity index (χ1n) is 4.17. The van der Waals surface area contributed by atoms with E-state index in [0.717, 1.165) is 5.56 Å². The maximum absolute atomic E-state index is 9.83. The molecule has 1 rings (SSSR count). The fourth-order valence-corrected chi connectivity index (χ4v) is 0.768. The summed E-state index contributed by atoms with van der Waals surface area (Å²) in [6, 6.07) is 7.13. The summed E-state index contributed by atoms with van der Waals surface area (Å²) < 4.78 is 4.14. The third kappa shape index (κ3) is 6.65. The molecule has 0 radical (unpaired) electrons. The number of carbonyl (C=O) groups excluding carboxylic acids is 1. The molecule has 1 aromatic rings. The van der Waals surface area contributed by atoms with E-state index in [2.05, 4.69) is 4.74 Å². The van der Waals surface area contributed by atoms with Gasteiger partial charge in [0.2, 0.25) is 0 Å². The molecular weight excluding hydrogens is 216 g/mol. The molecule has 0 aliphatic carbocycles. The molecule has 0 spiro atoms. The van der Waals surface area contributed by atoms with E-state index in [9.17, 15) is 4.79 Å². The van der Waals surface area contributed by atoms with Gasteiger partial charge < -0.3 is 15.9 Å². The molecule has 82 valence electrons. The van der Waals surface area contributed by atoms with E-state index >= 15 is 0 Å². The van der Waals surface area contributed by atoms with Crippen LogP contribution < -0.4 is 5.73 Å². The van der Waals surface area contributed by atoms with Crippen molar-refractivity contribution in [3.8, 4) is 0 Å². The minimum atomic E-state index is -0.380. The van der Waals surface area contributed by atoms with Crippen molar-refractivity contribution in [1.29, 1.82) is 5.41 Å². The monoisotopic (exact) mass is 228 g/mol. The van der Waals surface area contributed by atoms with E-state index in [-0.39, 0.29) is 12.5 Å². The van der Waals surface area contributed by atoms with Crippen molar-refractivity contribution >= 4 is 23.8 Å². The summed E-state index contributed by atoms with van der Waals surface area (Å²) in [7, 11) is 1.30. The number of esters is 1. The molecule has 5 heteroatoms. The maximum atomic E-state index is 9.83. The lowest BCUT2D eigenvalue weighted by atomic mass is 10.2. The second-order valence-corrected chi connectivity index (χ2v) is 2.91. The Balaban J connectivity index is 0.000000288. The van der Waals surface area contributed by atoms with Gasteiger partial charge in [-0.2, -0.15) is 0 Å². The van der Waals surface area contributed by atoms with Crippen molar-refractivity contribution in [2.24, 2.45) is 5.73 Å². The lowest BCUT2D eigenvalue weighted by Gasteiger charge is -1.88. The van der Waals surface area contributed by atoms with Crippen molar-refractivity contribution in [1.82, 2.24) is 0 Å². The minimum Gasteiger partial charge on any atom is -0.468 e. The Bertz CT molecular complexity index is 306. The van der Waals surface area contributed by atoms with E-state index in [1.807, 2.05) is 0 Å². The Morgan fingerprint density at radius 2 is 2.07 bits per heavy atom. The van der Waals surface area contributed by atoms with Gasteiger partial charge >= 0.3 is 5.97 Å². The maximum Gasteiger partial charge on any atom is 0.319 e. The quantitative estimate of drug-likeness (QED) is 0.594. The molecule has 0 aromatic heterocycles. The van der Waals surface area contributed by atoms with Crippen LogP contribution in [0.5, 0.6) is 0 Å². The highest BCUT2D eigenvalue weighted by Gasteiger charge is 1.87. The first-order chi connectivity index (χ1) is 7.13. The van der Waals surface area contributed by atoms with Crippen molar-refractivity contribution in [3.05, 3.63) is 34.9 Å². The van der Waals surface area contributed by atoms with Crippen LogP contribution in [0.4, 0.5) is 0 Å². The number of nitrogens with two attached hydrogens (primary N) is 1. The number of methoxy groups -OCH3 is 1. The van der Waals surface area contributed by atoms with Gasteiger partial charge in [0.1, 0.15) is 0 Å². The Morgan fingerprint density at radius 1 is 1.53 bits per heavy atom. The number of carbonyl (C=O) groups is 1. The molecule has 0 amide bonds. The number of rotatable bonds is 2. The number of benzene rings is 1. The topological polar surface area (TPSA) is 76.2 Å². The molecule has 0 aliphatic rings. The number of hydrogen-bond donors (Lipinski definition) is 2. The van der Waals surface area contributed by atoms with E-state index in [0.29, 0.717) is 5.02 Å². The van der Waals surface area contributed by atoms with Crippen LogP contribution in [0.1, 0.15) is 5.56 Å². The predicted molar refractivity (Wildman–Crippen MR) is 60.4 cm³/mol. The molecule has 15 heavy (non-hydrogen) atoms. The van der Waals surface area contributed by atoms with E-state index in [1.165, 1.54) is 13.3 Å². The lowest BCUT2D eigenvalue weighted by molar-refractivity contribution is -0.138. The van der Waals surface area contributed by atoms with Gasteiger partial charge in [-0.3, -0.25) is 4.79 Å². The van der Waals surface area contributed by atoms with Crippen LogP contribution in [0.3, 0.4) is 0 Å². The Kier molecular flexibility index (Phi) is 7.23. The van der Waals surface area contributed by atoms with Crippen LogP contribution >= 0.6 is 11.6 Å². The largest absolute Gasteiger partial charge is 0.468 e. The first-order valence-corrected chi connectivity index (χ1v) is 4.54. The number of ether oxygens (including phenoxy) is 1. The minimum absolute atomic E-state index is 0.0312. The zero-order valence-electron chi connectivity index (χ0n) is 8.37. The van der Waals surface area contributed by atoms with Crippen LogP contribution in [-0.4, -0.2) is 25.8 Å². The number of nitrogens with one attached hydrogen (secondary N) is 1. The fraction of sp³-hybridized carbons (Fsp3) is 0.200. The van der Waals surface area contributed by atoms with Crippen LogP contribution in [0, 0.1) is 5.41 Å². The smallest absolute Gasteiger partial charge is 0.319 e. The highest BCUT2D eigenvalue weighted by atomic mass is 35.5. The summed E-state index contributed by atoms with van der Waals surface area (Å²) in [5.74, 6) is -0.380. The standard InChI is InChI=1S/C7H6ClN.C3H7NO2/c8-7-3-1-6(5-9)2-4-7;1-6-3(5)2-4/h1-5,9H;2,4H2,1H3. The number of halogens is 1. The third-order valence-electron chi connectivity index (χ3n) is 1.43. The van der Waals surface area contributed by atoms with Crippen molar-refractivity contribution < 1.29 is 9.53 Å². The molecule has 0 bridgehead atoms. The van der Waals surface area contributed by atoms with Gasteiger partial charge in [0.05, 0.1) is 13.7 Å². The molecule has 0 saturated carbocycles. The van der Waals surface area contributed by atoms with Crippen LogP contribution in [-0.2, 0) is 9.53 Å². The van der Waals surface area contributed by atoms with Crippen LogP contribution in [0.15, 0.2) is 24.3 Å². The number of hydrogen-bond acceptors (Lipinski definition) is 4. The molecule has 0 fully saturated rings. The van der Waals surface area contributed by atoms with Crippen LogP contribution in [0.25, 0.3) is 0 Å². The zero-order chi connectivity index (χ0) is 11.7. The van der Waals surface area contributed by atoms with Gasteiger partial charge in [-0.05, 0) is 17.7 Å². The summed E-state index contributed by atoms with van der Waals surface area (Å²) in [6.07, 6.45) is 1.29. The second-order valence-electron chi connectivity index (χ2n) is 2.48. The lowest BCUT2D eigenvalue weighted by Crippen LogP contribution is -2.14.